The van der Waals surface area contributed by atoms with Crippen molar-refractivity contribution in [1.29, 1.82) is 0 Å². The zero-order chi connectivity index (χ0) is 28.7. The summed E-state index contributed by atoms with van der Waals surface area (Å²) in [6.45, 7) is 6.20. The molecular weight excluding hydrogens is 528 g/mol. The molecule has 1 saturated carbocycles. The van der Waals surface area contributed by atoms with Crippen LogP contribution in [0, 0.1) is 23.7 Å². The number of fused-ring (bicyclic) bond motifs is 2. The van der Waals surface area contributed by atoms with Gasteiger partial charge in [0.15, 0.2) is 11.9 Å². The maximum absolute atomic E-state index is 12.7. The molecule has 6 aliphatic rings. The van der Waals surface area contributed by atoms with E-state index in [0.717, 1.165) is 19.3 Å². The molecule has 13 nitrogen and oxygen atoms in total. The molecule has 5 heterocycles. The van der Waals surface area contributed by atoms with Gasteiger partial charge in [-0.25, -0.2) is 14.6 Å². The summed E-state index contributed by atoms with van der Waals surface area (Å²) in [6, 6.07) is 0. The van der Waals surface area contributed by atoms with E-state index in [-0.39, 0.29) is 68.7 Å². The van der Waals surface area contributed by atoms with Crippen molar-refractivity contribution in [1.82, 2.24) is 10.4 Å². The molecule has 5 aliphatic heterocycles. The number of rotatable bonds is 9. The predicted molar refractivity (Wildman–Crippen MR) is 132 cm³/mol. The molecule has 13 heteroatoms. The summed E-state index contributed by atoms with van der Waals surface area (Å²) in [5.74, 6) is -3.21. The summed E-state index contributed by atoms with van der Waals surface area (Å²) in [4.78, 5) is 76.4. The van der Waals surface area contributed by atoms with Crippen molar-refractivity contribution in [2.75, 3.05) is 6.54 Å². The second kappa shape index (κ2) is 11.3. The number of hydroxylamine groups is 2. The van der Waals surface area contributed by atoms with Crippen LogP contribution in [0.3, 0.4) is 0 Å². The van der Waals surface area contributed by atoms with Crippen molar-refractivity contribution >= 4 is 29.7 Å². The summed E-state index contributed by atoms with van der Waals surface area (Å²) < 4.78 is 18.2. The quantitative estimate of drug-likeness (QED) is 0.188. The van der Waals surface area contributed by atoms with E-state index in [1.54, 1.807) is 0 Å². The minimum absolute atomic E-state index is 0.0181. The molecule has 1 N–H and O–H groups in total. The lowest BCUT2D eigenvalue weighted by Crippen LogP contribution is -2.70. The maximum Gasteiger partial charge on any atom is 0.333 e. The number of carbonyl (C=O) groups is 5. The summed E-state index contributed by atoms with van der Waals surface area (Å²) in [7, 11) is 0. The van der Waals surface area contributed by atoms with Gasteiger partial charge in [0, 0.05) is 50.5 Å². The van der Waals surface area contributed by atoms with Crippen LogP contribution < -0.4 is 5.32 Å². The molecule has 0 unspecified atom stereocenters. The molecule has 222 valence electrons. The highest BCUT2D eigenvalue weighted by Crippen LogP contribution is 2.60. The average Bonchev–Trinajstić information content (AvgIpc) is 3.07. The minimum atomic E-state index is -0.926. The van der Waals surface area contributed by atoms with E-state index in [4.69, 9.17) is 28.8 Å². The number of nitrogens with zero attached hydrogens (tertiary/aromatic N) is 1. The zero-order valence-corrected chi connectivity index (χ0v) is 23.2. The highest BCUT2D eigenvalue weighted by atomic mass is 17.3. The number of carbonyl (C=O) groups excluding carboxylic acids is 5. The van der Waals surface area contributed by atoms with E-state index in [1.807, 2.05) is 13.8 Å². The molecule has 0 radical (unpaired) electrons. The minimum Gasteiger partial charge on any atom is -0.435 e. The summed E-state index contributed by atoms with van der Waals surface area (Å²) in [5.41, 5.74) is -0.748. The number of esters is 1. The Morgan fingerprint density at radius 2 is 1.73 bits per heavy atom. The third-order valence-corrected chi connectivity index (χ3v) is 8.98. The molecule has 6 rings (SSSR count). The van der Waals surface area contributed by atoms with Crippen LogP contribution in [0.2, 0.25) is 0 Å². The Morgan fingerprint density at radius 3 is 2.48 bits per heavy atom. The van der Waals surface area contributed by atoms with Gasteiger partial charge in [0.1, 0.15) is 0 Å². The van der Waals surface area contributed by atoms with Crippen molar-refractivity contribution in [3.63, 3.8) is 0 Å². The molecule has 6 fully saturated rings. The van der Waals surface area contributed by atoms with Crippen LogP contribution in [0.5, 0.6) is 0 Å². The highest BCUT2D eigenvalue weighted by Gasteiger charge is 2.69. The fraction of sp³-hybridized carbons (Fsp3) is 0.815. The largest absolute Gasteiger partial charge is 0.435 e. The standard InChI is InChI=1S/C27H38N2O11/c1-15-6-7-18-16(2)24(36-25-27(18)17(15)12-13-26(3,37-25)39-40-27)35-22(33)11-8-19(30)28-14-4-5-23(34)38-29-20(31)9-10-21(29)32/h15-18,24-25H,4-14H2,1-3H3,(H,28,30)/t15-,16-,17+,18+,24-,25+,26+,27-/m1/s1. The van der Waals surface area contributed by atoms with E-state index in [0.29, 0.717) is 17.4 Å². The average molecular weight is 567 g/mol. The van der Waals surface area contributed by atoms with Crippen LogP contribution in [-0.2, 0) is 52.8 Å². The normalized spacial score (nSPS) is 38.4. The SMILES string of the molecule is C[C@H]1[C@H](OC(=O)CCC(=O)NCCCC(=O)ON2C(=O)CCC2=O)O[C@H]2O[C@]3(C)CC[C@H]4[C@H](C)CC[C@@H]1[C@@]24OO3. The van der Waals surface area contributed by atoms with Gasteiger partial charge in [-0.05, 0) is 44.4 Å². The second-order valence-corrected chi connectivity index (χ2v) is 11.8. The summed E-state index contributed by atoms with van der Waals surface area (Å²) >= 11 is 0. The van der Waals surface area contributed by atoms with Crippen molar-refractivity contribution in [3.8, 4) is 0 Å². The molecule has 0 aromatic heterocycles. The van der Waals surface area contributed by atoms with Gasteiger partial charge in [-0.3, -0.25) is 19.2 Å². The van der Waals surface area contributed by atoms with Gasteiger partial charge in [-0.2, -0.15) is 0 Å². The first-order chi connectivity index (χ1) is 19.0. The molecule has 0 aromatic carbocycles. The van der Waals surface area contributed by atoms with Gasteiger partial charge in [-0.15, -0.1) is 5.06 Å². The van der Waals surface area contributed by atoms with Crippen LogP contribution in [0.25, 0.3) is 0 Å². The maximum atomic E-state index is 12.7. The fourth-order valence-corrected chi connectivity index (χ4v) is 6.76. The van der Waals surface area contributed by atoms with Gasteiger partial charge in [0.05, 0.1) is 6.42 Å². The number of ether oxygens (including phenoxy) is 3. The van der Waals surface area contributed by atoms with Gasteiger partial charge in [0.2, 0.25) is 18.0 Å². The van der Waals surface area contributed by atoms with E-state index in [1.165, 1.54) is 0 Å². The first kappa shape index (κ1) is 28.9. The van der Waals surface area contributed by atoms with Crippen molar-refractivity contribution in [2.45, 2.75) is 109 Å². The van der Waals surface area contributed by atoms with E-state index >= 15 is 0 Å². The molecule has 3 amide bonds. The first-order valence-corrected chi connectivity index (χ1v) is 14.3. The molecule has 1 spiro atoms. The number of hydrogen-bond donors (Lipinski definition) is 1. The zero-order valence-electron chi connectivity index (χ0n) is 23.2. The molecule has 8 atom stereocenters. The number of imide groups is 1. The van der Waals surface area contributed by atoms with Crippen molar-refractivity contribution in [3.05, 3.63) is 0 Å². The molecule has 2 bridgehead atoms. The number of amides is 3. The van der Waals surface area contributed by atoms with Crippen LogP contribution in [0.15, 0.2) is 0 Å². The Bertz CT molecular complexity index is 1040. The monoisotopic (exact) mass is 566 g/mol. The van der Waals surface area contributed by atoms with E-state index < -0.39 is 47.7 Å². The van der Waals surface area contributed by atoms with Gasteiger partial charge >= 0.3 is 11.9 Å². The summed E-state index contributed by atoms with van der Waals surface area (Å²) in [5, 5.41) is 3.12. The smallest absolute Gasteiger partial charge is 0.333 e. The molecule has 40 heavy (non-hydrogen) atoms. The third kappa shape index (κ3) is 5.48. The number of nitrogens with one attached hydrogen (secondary N) is 1. The van der Waals surface area contributed by atoms with Gasteiger partial charge in [0.25, 0.3) is 11.8 Å². The van der Waals surface area contributed by atoms with Crippen LogP contribution in [-0.4, -0.2) is 65.2 Å². The van der Waals surface area contributed by atoms with E-state index in [2.05, 4.69) is 12.2 Å². The Balaban J connectivity index is 1.06. The molecule has 5 saturated heterocycles. The van der Waals surface area contributed by atoms with Gasteiger partial charge in [-0.1, -0.05) is 13.8 Å². The van der Waals surface area contributed by atoms with Crippen molar-refractivity contribution < 1.29 is 52.8 Å². The Labute approximate surface area is 232 Å². The first-order valence-electron chi connectivity index (χ1n) is 14.3. The molecular formula is C27H38N2O11. The third-order valence-electron chi connectivity index (χ3n) is 8.98. The van der Waals surface area contributed by atoms with E-state index in [9.17, 15) is 24.0 Å². The van der Waals surface area contributed by atoms with Crippen LogP contribution >= 0.6 is 0 Å². The Kier molecular flexibility index (Phi) is 8.20. The van der Waals surface area contributed by atoms with Crippen LogP contribution in [0.1, 0.15) is 85.0 Å². The van der Waals surface area contributed by atoms with Crippen LogP contribution in [0.4, 0.5) is 0 Å². The molecule has 1 aliphatic carbocycles. The second-order valence-electron chi connectivity index (χ2n) is 11.8. The Hall–Kier alpha value is -2.61. The topological polar surface area (TPSA) is 156 Å². The highest BCUT2D eigenvalue weighted by molar-refractivity contribution is 6.01. The fourth-order valence-electron chi connectivity index (χ4n) is 6.76. The van der Waals surface area contributed by atoms with Gasteiger partial charge < -0.3 is 24.4 Å². The van der Waals surface area contributed by atoms with Crippen molar-refractivity contribution in [2.24, 2.45) is 23.7 Å². The molecule has 0 aromatic rings. The number of hydrogen-bond acceptors (Lipinski definition) is 11. The lowest BCUT2D eigenvalue weighted by Gasteiger charge is -2.59. The lowest BCUT2D eigenvalue weighted by molar-refractivity contribution is -0.576. The Morgan fingerprint density at radius 1 is 0.975 bits per heavy atom. The lowest BCUT2D eigenvalue weighted by atomic mass is 9.58. The summed E-state index contributed by atoms with van der Waals surface area (Å²) in [6.07, 6.45) is 1.89. The predicted octanol–water partition coefficient (Wildman–Crippen LogP) is 2.02.